The Morgan fingerprint density at radius 2 is 1.29 bits per heavy atom. The van der Waals surface area contributed by atoms with Gasteiger partial charge in [0.15, 0.2) is 0 Å². The monoisotopic (exact) mass is 626 g/mol. The third kappa shape index (κ3) is 8.42. The van der Waals surface area contributed by atoms with Crippen molar-refractivity contribution >= 4 is 33.4 Å². The maximum atomic E-state index is 11.9. The van der Waals surface area contributed by atoms with Crippen molar-refractivity contribution in [3.05, 3.63) is 120 Å². The van der Waals surface area contributed by atoms with E-state index < -0.39 is 6.09 Å². The molecule has 0 radical (unpaired) electrons. The molecular weight excluding hydrogens is 596 g/mol. The molecule has 0 unspecified atom stereocenters. The first-order chi connectivity index (χ1) is 20.3. The Kier molecular flexibility index (Phi) is 10.3. The Balaban J connectivity index is 0.000000169. The molecular formula is C31H31BrN8O2. The third-order valence-electron chi connectivity index (χ3n) is 5.94. The van der Waals surface area contributed by atoms with E-state index in [4.69, 9.17) is 10.5 Å². The molecule has 42 heavy (non-hydrogen) atoms. The molecule has 0 fully saturated rings. The first-order valence-corrected chi connectivity index (χ1v) is 13.7. The number of benzene rings is 3. The number of rotatable bonds is 4. The molecule has 0 spiro atoms. The molecule has 3 aromatic carbocycles. The summed E-state index contributed by atoms with van der Waals surface area (Å²) < 4.78 is 11.6. The van der Waals surface area contributed by atoms with Gasteiger partial charge < -0.3 is 10.5 Å². The number of para-hydroxylation sites is 1. The number of carbonyl (C=O) groups is 1. The lowest BCUT2D eigenvalue weighted by molar-refractivity contribution is 0.215. The lowest BCUT2D eigenvalue weighted by Crippen LogP contribution is -2.16. The number of aryl methyl sites for hydroxylation is 3. The highest BCUT2D eigenvalue weighted by atomic mass is 79.9. The molecule has 0 saturated heterocycles. The topological polar surface area (TPSA) is 118 Å². The van der Waals surface area contributed by atoms with Crippen molar-refractivity contribution < 1.29 is 9.53 Å². The van der Waals surface area contributed by atoms with Gasteiger partial charge in [0.1, 0.15) is 10.4 Å². The van der Waals surface area contributed by atoms with Crippen LogP contribution in [0.3, 0.4) is 0 Å². The summed E-state index contributed by atoms with van der Waals surface area (Å²) in [5.41, 5.74) is 11.2. The number of hydrogen-bond donors (Lipinski definition) is 2. The van der Waals surface area contributed by atoms with Crippen molar-refractivity contribution in [2.24, 2.45) is 21.1 Å². The van der Waals surface area contributed by atoms with Gasteiger partial charge in [-0.2, -0.15) is 15.3 Å². The molecule has 0 atom stereocenters. The molecule has 10 nitrogen and oxygen atoms in total. The second kappa shape index (κ2) is 14.5. The average Bonchev–Trinajstić information content (AvgIpc) is 3.71. The van der Waals surface area contributed by atoms with E-state index in [1.54, 1.807) is 40.1 Å². The molecule has 6 aromatic rings. The highest BCUT2D eigenvalue weighted by molar-refractivity contribution is 9.10. The number of nitrogens with two attached hydrogens (primary N) is 1. The Hall–Kier alpha value is -5.16. The smallest absolute Gasteiger partial charge is 0.410 e. The summed E-state index contributed by atoms with van der Waals surface area (Å²) in [6.07, 6.45) is 4.73. The molecule has 0 aliphatic carbocycles. The standard InChI is InChI=1S/C17H15N3O2.C10H11N3.C4H5BrN2/c1-20-16(10-11-18-20)13-6-5-7-14(12-13)19-17(21)22-15-8-3-2-4-9-15;1-13-10(5-6-12-13)8-3-2-4-9(11)7-8;1-7-4(5)2-3-6-7/h2-12H,1H3,(H,19,21);2-7H,11H2,1H3;2-3H,1H3. The van der Waals surface area contributed by atoms with E-state index in [0.717, 1.165) is 32.8 Å². The molecule has 3 N–H and O–H groups in total. The summed E-state index contributed by atoms with van der Waals surface area (Å²) in [7, 11) is 5.67. The normalized spacial score (nSPS) is 10.1. The minimum atomic E-state index is -0.520. The van der Waals surface area contributed by atoms with Gasteiger partial charge in [0.05, 0.1) is 17.6 Å². The van der Waals surface area contributed by atoms with Crippen LogP contribution in [0.1, 0.15) is 0 Å². The minimum Gasteiger partial charge on any atom is -0.410 e. The van der Waals surface area contributed by atoms with Gasteiger partial charge in [0.2, 0.25) is 0 Å². The molecule has 0 aliphatic heterocycles. The van der Waals surface area contributed by atoms with Crippen LogP contribution in [0.25, 0.3) is 22.5 Å². The number of halogens is 1. The van der Waals surface area contributed by atoms with Crippen molar-refractivity contribution in [1.82, 2.24) is 29.3 Å². The van der Waals surface area contributed by atoms with Crippen LogP contribution < -0.4 is 15.8 Å². The van der Waals surface area contributed by atoms with Crippen LogP contribution in [0.15, 0.2) is 120 Å². The number of nitrogens with one attached hydrogen (secondary N) is 1. The molecule has 1 amide bonds. The van der Waals surface area contributed by atoms with E-state index in [0.29, 0.717) is 11.4 Å². The SMILES string of the molecule is Cn1nccc1-c1cccc(N)c1.Cn1nccc1-c1cccc(NC(=O)Oc2ccccc2)c1.Cn1nccc1Br. The average molecular weight is 628 g/mol. The Morgan fingerprint density at radius 3 is 1.79 bits per heavy atom. The molecule has 0 bridgehead atoms. The Labute approximate surface area is 252 Å². The lowest BCUT2D eigenvalue weighted by atomic mass is 10.1. The summed E-state index contributed by atoms with van der Waals surface area (Å²) in [5.74, 6) is 0.503. The number of anilines is 2. The van der Waals surface area contributed by atoms with Gasteiger partial charge in [0.25, 0.3) is 0 Å². The zero-order chi connectivity index (χ0) is 29.9. The van der Waals surface area contributed by atoms with Crippen LogP contribution in [-0.2, 0) is 21.1 Å². The van der Waals surface area contributed by atoms with Crippen LogP contribution in [0.2, 0.25) is 0 Å². The summed E-state index contributed by atoms with van der Waals surface area (Å²) in [6.45, 7) is 0. The number of amides is 1. The van der Waals surface area contributed by atoms with Gasteiger partial charge in [0, 0.05) is 56.0 Å². The maximum absolute atomic E-state index is 11.9. The first-order valence-electron chi connectivity index (χ1n) is 12.9. The Bertz CT molecular complexity index is 1710. The predicted octanol–water partition coefficient (Wildman–Crippen LogP) is 6.55. The van der Waals surface area contributed by atoms with E-state index in [1.807, 2.05) is 111 Å². The number of hydrogen-bond acceptors (Lipinski definition) is 6. The van der Waals surface area contributed by atoms with Crippen molar-refractivity contribution in [3.63, 3.8) is 0 Å². The second-order valence-electron chi connectivity index (χ2n) is 8.99. The molecule has 0 saturated carbocycles. The van der Waals surface area contributed by atoms with E-state index in [2.05, 4.69) is 36.5 Å². The van der Waals surface area contributed by atoms with Gasteiger partial charge >= 0.3 is 6.09 Å². The molecule has 214 valence electrons. The second-order valence-corrected chi connectivity index (χ2v) is 9.80. The van der Waals surface area contributed by atoms with E-state index in [1.165, 1.54) is 0 Å². The van der Waals surface area contributed by atoms with Crippen LogP contribution in [-0.4, -0.2) is 35.4 Å². The molecule has 3 heterocycles. The molecule has 11 heteroatoms. The fourth-order valence-corrected chi connectivity index (χ4v) is 4.07. The van der Waals surface area contributed by atoms with Crippen LogP contribution in [0.5, 0.6) is 5.75 Å². The molecule has 0 aliphatic rings. The third-order valence-corrected chi connectivity index (χ3v) is 6.72. The lowest BCUT2D eigenvalue weighted by Gasteiger charge is -2.08. The van der Waals surface area contributed by atoms with Crippen molar-refractivity contribution in [3.8, 4) is 28.3 Å². The van der Waals surface area contributed by atoms with Gasteiger partial charge in [-0.25, -0.2) is 4.79 Å². The van der Waals surface area contributed by atoms with Crippen molar-refractivity contribution in [2.45, 2.75) is 0 Å². The summed E-state index contributed by atoms with van der Waals surface area (Å²) >= 11 is 3.27. The number of carbonyl (C=O) groups excluding carboxylic acids is 1. The Morgan fingerprint density at radius 1 is 0.714 bits per heavy atom. The van der Waals surface area contributed by atoms with Crippen LogP contribution in [0, 0.1) is 0 Å². The van der Waals surface area contributed by atoms with Crippen LogP contribution >= 0.6 is 15.9 Å². The first kappa shape index (κ1) is 29.8. The van der Waals surface area contributed by atoms with E-state index in [-0.39, 0.29) is 0 Å². The summed E-state index contributed by atoms with van der Waals surface area (Å²) in [6, 6.07) is 30.0. The summed E-state index contributed by atoms with van der Waals surface area (Å²) in [4.78, 5) is 11.9. The van der Waals surface area contributed by atoms with E-state index in [9.17, 15) is 4.79 Å². The maximum Gasteiger partial charge on any atom is 0.417 e. The zero-order valence-corrected chi connectivity index (χ0v) is 25.0. The van der Waals surface area contributed by atoms with Gasteiger partial charge in [-0.3, -0.25) is 19.4 Å². The zero-order valence-electron chi connectivity index (χ0n) is 23.4. The number of nitrogens with zero attached hydrogens (tertiary/aromatic N) is 6. The fourth-order valence-electron chi connectivity index (χ4n) is 3.87. The fraction of sp³-hybridized carbons (Fsp3) is 0.0968. The minimum absolute atomic E-state index is 0.503. The van der Waals surface area contributed by atoms with Crippen molar-refractivity contribution in [1.29, 1.82) is 0 Å². The summed E-state index contributed by atoms with van der Waals surface area (Å²) in [5, 5.41) is 14.8. The number of aromatic nitrogens is 6. The highest BCUT2D eigenvalue weighted by Crippen LogP contribution is 2.22. The van der Waals surface area contributed by atoms with Crippen LogP contribution in [0.4, 0.5) is 16.2 Å². The van der Waals surface area contributed by atoms with Gasteiger partial charge in [-0.15, -0.1) is 0 Å². The van der Waals surface area contributed by atoms with Crippen molar-refractivity contribution in [2.75, 3.05) is 11.1 Å². The quantitative estimate of drug-likeness (QED) is 0.214. The largest absolute Gasteiger partial charge is 0.417 e. The molecule has 3 aromatic heterocycles. The van der Waals surface area contributed by atoms with Gasteiger partial charge in [-0.1, -0.05) is 42.5 Å². The van der Waals surface area contributed by atoms with E-state index >= 15 is 0 Å². The number of ether oxygens (including phenoxy) is 1. The molecule has 6 rings (SSSR count). The van der Waals surface area contributed by atoms with Gasteiger partial charge in [-0.05, 0) is 70.5 Å². The number of nitrogen functional groups attached to an aromatic ring is 1. The highest BCUT2D eigenvalue weighted by Gasteiger charge is 2.07. The predicted molar refractivity (Wildman–Crippen MR) is 169 cm³/mol.